The highest BCUT2D eigenvalue weighted by atomic mass is 16.7. The first-order valence-corrected chi connectivity index (χ1v) is 12.3. The summed E-state index contributed by atoms with van der Waals surface area (Å²) >= 11 is 0. The van der Waals surface area contributed by atoms with Crippen LogP contribution < -0.4 is 0 Å². The van der Waals surface area contributed by atoms with Gasteiger partial charge >= 0.3 is 0 Å². The molecule has 3 rings (SSSR count). The predicted octanol–water partition coefficient (Wildman–Crippen LogP) is 4.58. The van der Waals surface area contributed by atoms with Crippen LogP contribution in [-0.2, 0) is 9.68 Å². The average Bonchev–Trinajstić information content (AvgIpc) is 2.54. The molecule has 0 aromatic heterocycles. The zero-order valence-electron chi connectivity index (χ0n) is 21.5. The largest absolute Gasteiger partial charge is 0.393 e. The first kappa shape index (κ1) is 25.4. The molecule has 6 heteroatoms. The minimum absolute atomic E-state index is 0.0616. The second-order valence-electron chi connectivity index (χ2n) is 13.2. The maximum Gasteiger partial charge on any atom is 0.115 e. The average molecular weight is 441 g/mol. The molecule has 0 spiro atoms. The Morgan fingerprint density at radius 3 is 1.52 bits per heavy atom. The van der Waals surface area contributed by atoms with E-state index in [-0.39, 0.29) is 40.5 Å². The molecule has 1 aliphatic carbocycles. The number of hydrogen-bond acceptors (Lipinski definition) is 6. The molecule has 6 nitrogen and oxygen atoms in total. The molecule has 2 atom stereocenters. The summed E-state index contributed by atoms with van der Waals surface area (Å²) in [5, 5.41) is 25.2. The molecule has 1 saturated carbocycles. The molecular formula is C25H48N2O4. The third kappa shape index (κ3) is 5.15. The molecule has 2 saturated heterocycles. The van der Waals surface area contributed by atoms with Gasteiger partial charge in [-0.3, -0.25) is 9.68 Å². The first-order chi connectivity index (χ1) is 14.0. The number of aliphatic hydroxyl groups is 2. The lowest BCUT2D eigenvalue weighted by Gasteiger charge is -2.58. The van der Waals surface area contributed by atoms with Gasteiger partial charge in [0.15, 0.2) is 0 Å². The molecule has 2 N–H and O–H groups in total. The SMILES string of the molecule is CC1(ON2C(C)(C)CC(O)CC2(C)C)CCCCC1ON1C(C)(C)CC(O)CC1(C)C. The van der Waals surface area contributed by atoms with Crippen molar-refractivity contribution in [2.24, 2.45) is 0 Å². The third-order valence-electron chi connectivity index (χ3n) is 7.74. The van der Waals surface area contributed by atoms with Gasteiger partial charge in [0.2, 0.25) is 0 Å². The number of aliphatic hydroxyl groups excluding tert-OH is 2. The van der Waals surface area contributed by atoms with Crippen LogP contribution >= 0.6 is 0 Å². The van der Waals surface area contributed by atoms with E-state index in [1.165, 1.54) is 0 Å². The standard InChI is InChI=1S/C25H48N2O4/c1-21(2)14-18(28)15-22(3,4)26(21)30-20-12-10-11-13-25(20,9)31-27-23(5,6)16-19(29)17-24(27,7)8/h18-20,28-29H,10-17H2,1-9H3. The van der Waals surface area contributed by atoms with Crippen LogP contribution in [0.1, 0.15) is 114 Å². The Morgan fingerprint density at radius 2 is 1.06 bits per heavy atom. The van der Waals surface area contributed by atoms with Crippen molar-refractivity contribution < 1.29 is 19.9 Å². The number of nitrogens with zero attached hydrogens (tertiary/aromatic N) is 2. The van der Waals surface area contributed by atoms with Gasteiger partial charge in [0, 0.05) is 22.2 Å². The lowest BCUT2D eigenvalue weighted by atomic mass is 9.79. The van der Waals surface area contributed by atoms with Crippen molar-refractivity contribution in [3.8, 4) is 0 Å². The molecule has 0 radical (unpaired) electrons. The van der Waals surface area contributed by atoms with Crippen molar-refractivity contribution in [3.63, 3.8) is 0 Å². The van der Waals surface area contributed by atoms with Gasteiger partial charge < -0.3 is 10.2 Å². The molecule has 2 unspecified atom stereocenters. The van der Waals surface area contributed by atoms with Gasteiger partial charge in [0.1, 0.15) is 11.7 Å². The Morgan fingerprint density at radius 1 is 0.645 bits per heavy atom. The molecule has 2 heterocycles. The van der Waals surface area contributed by atoms with Crippen LogP contribution in [0.15, 0.2) is 0 Å². The normalized spacial score (nSPS) is 37.1. The van der Waals surface area contributed by atoms with Crippen molar-refractivity contribution >= 4 is 0 Å². The zero-order chi connectivity index (χ0) is 23.5. The Bertz CT molecular complexity index is 611. The molecule has 0 aromatic rings. The van der Waals surface area contributed by atoms with Gasteiger partial charge in [-0.05, 0) is 101 Å². The van der Waals surface area contributed by atoms with Gasteiger partial charge in [0.05, 0.1) is 12.2 Å². The zero-order valence-corrected chi connectivity index (χ0v) is 21.5. The van der Waals surface area contributed by atoms with Crippen LogP contribution in [0, 0.1) is 0 Å². The highest BCUT2D eigenvalue weighted by Gasteiger charge is 2.53. The Hall–Kier alpha value is -0.240. The monoisotopic (exact) mass is 440 g/mol. The van der Waals surface area contributed by atoms with Crippen molar-refractivity contribution in [1.29, 1.82) is 0 Å². The van der Waals surface area contributed by atoms with E-state index in [1.54, 1.807) is 0 Å². The van der Waals surface area contributed by atoms with Crippen LogP contribution in [0.4, 0.5) is 0 Å². The minimum Gasteiger partial charge on any atom is -0.393 e. The number of piperidine rings is 2. The number of rotatable bonds is 4. The fraction of sp³-hybridized carbons (Fsp3) is 1.00. The number of hydrogen-bond donors (Lipinski definition) is 2. The van der Waals surface area contributed by atoms with E-state index in [4.69, 9.17) is 9.68 Å². The van der Waals surface area contributed by atoms with E-state index in [2.05, 4.69) is 72.4 Å². The van der Waals surface area contributed by atoms with E-state index < -0.39 is 5.60 Å². The Balaban J connectivity index is 1.86. The Labute approximate surface area is 190 Å². The topological polar surface area (TPSA) is 65.4 Å². The quantitative estimate of drug-likeness (QED) is 0.667. The second-order valence-corrected chi connectivity index (χ2v) is 13.2. The molecule has 2 aliphatic heterocycles. The maximum absolute atomic E-state index is 10.4. The van der Waals surface area contributed by atoms with Crippen LogP contribution in [-0.4, -0.2) is 66.4 Å². The third-order valence-corrected chi connectivity index (χ3v) is 7.74. The minimum atomic E-state index is -0.447. The molecule has 0 amide bonds. The van der Waals surface area contributed by atoms with Gasteiger partial charge in [-0.1, -0.05) is 12.8 Å². The lowest BCUT2D eigenvalue weighted by molar-refractivity contribution is -0.397. The van der Waals surface area contributed by atoms with E-state index in [0.717, 1.165) is 25.7 Å². The smallest absolute Gasteiger partial charge is 0.115 e. The fourth-order valence-corrected chi connectivity index (χ4v) is 6.83. The van der Waals surface area contributed by atoms with Gasteiger partial charge in [-0.15, -0.1) is 0 Å². The van der Waals surface area contributed by atoms with Crippen molar-refractivity contribution in [2.75, 3.05) is 0 Å². The molecule has 31 heavy (non-hydrogen) atoms. The summed E-state index contributed by atoms with van der Waals surface area (Å²) in [5.41, 5.74) is -1.49. The van der Waals surface area contributed by atoms with Crippen molar-refractivity contribution in [1.82, 2.24) is 10.1 Å². The molecule has 0 bridgehead atoms. The van der Waals surface area contributed by atoms with E-state index in [1.807, 2.05) is 0 Å². The van der Waals surface area contributed by atoms with E-state index in [9.17, 15) is 10.2 Å². The summed E-state index contributed by atoms with van der Waals surface area (Å²) in [6.45, 7) is 19.5. The Kier molecular flexibility index (Phi) is 6.72. The highest BCUT2D eigenvalue weighted by molar-refractivity contribution is 5.01. The number of hydroxylamine groups is 4. The molecule has 3 fully saturated rings. The summed E-state index contributed by atoms with van der Waals surface area (Å²) in [4.78, 5) is 13.8. The maximum atomic E-state index is 10.4. The summed E-state index contributed by atoms with van der Waals surface area (Å²) in [5.74, 6) is 0. The predicted molar refractivity (Wildman–Crippen MR) is 123 cm³/mol. The summed E-state index contributed by atoms with van der Waals surface area (Å²) < 4.78 is 0. The van der Waals surface area contributed by atoms with E-state index >= 15 is 0 Å². The lowest BCUT2D eigenvalue weighted by Crippen LogP contribution is -2.67. The molecule has 182 valence electrons. The summed E-state index contributed by atoms with van der Waals surface area (Å²) in [6, 6.07) is 0. The molecule has 0 aromatic carbocycles. The summed E-state index contributed by atoms with van der Waals surface area (Å²) in [7, 11) is 0. The first-order valence-electron chi connectivity index (χ1n) is 12.3. The van der Waals surface area contributed by atoms with Crippen molar-refractivity contribution in [3.05, 3.63) is 0 Å². The van der Waals surface area contributed by atoms with Crippen LogP contribution in [0.5, 0.6) is 0 Å². The fourth-order valence-electron chi connectivity index (χ4n) is 6.83. The van der Waals surface area contributed by atoms with Gasteiger partial charge in [-0.2, -0.15) is 10.1 Å². The van der Waals surface area contributed by atoms with E-state index in [0.29, 0.717) is 25.7 Å². The molecular weight excluding hydrogens is 392 g/mol. The second kappa shape index (κ2) is 8.21. The van der Waals surface area contributed by atoms with Crippen LogP contribution in [0.3, 0.4) is 0 Å². The highest BCUT2D eigenvalue weighted by Crippen LogP contribution is 2.46. The van der Waals surface area contributed by atoms with Gasteiger partial charge in [0.25, 0.3) is 0 Å². The molecule has 3 aliphatic rings. The van der Waals surface area contributed by atoms with Crippen LogP contribution in [0.2, 0.25) is 0 Å². The van der Waals surface area contributed by atoms with Crippen LogP contribution in [0.25, 0.3) is 0 Å². The van der Waals surface area contributed by atoms with Gasteiger partial charge in [-0.25, -0.2) is 0 Å². The van der Waals surface area contributed by atoms with Crippen molar-refractivity contribution in [2.45, 2.75) is 160 Å². The summed E-state index contributed by atoms with van der Waals surface area (Å²) in [6.07, 6.45) is 6.27.